The minimum absolute atomic E-state index is 0.0771. The number of hydrogen-bond donors (Lipinski definition) is 1. The quantitative estimate of drug-likeness (QED) is 0.479. The summed E-state index contributed by atoms with van der Waals surface area (Å²) in [7, 11) is 0. The zero-order valence-corrected chi connectivity index (χ0v) is 17.2. The van der Waals surface area contributed by atoms with E-state index in [4.69, 9.17) is 0 Å². The van der Waals surface area contributed by atoms with Crippen LogP contribution >= 0.6 is 0 Å². The maximum Gasteiger partial charge on any atom is 0.417 e. The Kier molecular flexibility index (Phi) is 4.62. The number of allylic oxidation sites excluding steroid dienone is 1. The average Bonchev–Trinajstić information content (AvgIpc) is 2.98. The summed E-state index contributed by atoms with van der Waals surface area (Å²) in [5.74, 6) is 1.95. The standard InChI is InChI=1S/C23H33F3O2/c1-14(13-27)17-6-7-18-16-5-4-15-12-22(28,23(24,25)26)11-10-20(15,2)19(16)8-9-21(17,18)3/h4,13-14,16-19,28H,5-12H2,1-3H3/t14-,16+,17-,18+,19+,20+,21-,22+/m1/s1. The second kappa shape index (κ2) is 6.33. The van der Waals surface area contributed by atoms with E-state index >= 15 is 0 Å². The third kappa shape index (κ3) is 2.67. The SMILES string of the molecule is C[C@H](C=O)[C@H]1CC[C@H]2[C@@H]3CC=C4C[C@](O)(C(F)(F)F)CC[C@]4(C)[C@H]3CC[C@]12C. The fourth-order valence-electron chi connectivity index (χ4n) is 7.89. The molecule has 4 aliphatic carbocycles. The Balaban J connectivity index is 1.62. The number of halogens is 3. The number of carbonyl (C=O) groups is 1. The number of aldehydes is 1. The molecule has 28 heavy (non-hydrogen) atoms. The van der Waals surface area contributed by atoms with E-state index in [1.807, 2.05) is 13.0 Å². The molecule has 0 radical (unpaired) electrons. The van der Waals surface area contributed by atoms with Crippen molar-refractivity contribution in [1.29, 1.82) is 0 Å². The smallest absolute Gasteiger partial charge is 0.380 e. The number of rotatable bonds is 2. The molecule has 0 aliphatic heterocycles. The van der Waals surface area contributed by atoms with Crippen LogP contribution < -0.4 is 0 Å². The maximum atomic E-state index is 13.4. The van der Waals surface area contributed by atoms with Crippen LogP contribution in [0.25, 0.3) is 0 Å². The normalized spacial score (nSPS) is 49.5. The molecule has 3 saturated carbocycles. The molecule has 8 atom stereocenters. The average molecular weight is 399 g/mol. The Morgan fingerprint density at radius 3 is 2.50 bits per heavy atom. The molecule has 4 aliphatic rings. The Labute approximate surface area is 166 Å². The molecule has 0 aromatic rings. The second-order valence-electron chi connectivity index (χ2n) is 10.7. The van der Waals surface area contributed by atoms with Crippen LogP contribution in [0.2, 0.25) is 0 Å². The highest BCUT2D eigenvalue weighted by atomic mass is 19.4. The van der Waals surface area contributed by atoms with Gasteiger partial charge in [-0.1, -0.05) is 32.4 Å². The fraction of sp³-hybridized carbons (Fsp3) is 0.870. The molecule has 0 aromatic carbocycles. The molecule has 0 amide bonds. The van der Waals surface area contributed by atoms with Crippen molar-refractivity contribution in [1.82, 2.24) is 0 Å². The predicted molar refractivity (Wildman–Crippen MR) is 101 cm³/mol. The summed E-state index contributed by atoms with van der Waals surface area (Å²) in [5.41, 5.74) is -1.79. The van der Waals surface area contributed by atoms with E-state index in [0.717, 1.165) is 44.0 Å². The summed E-state index contributed by atoms with van der Waals surface area (Å²) >= 11 is 0. The zero-order valence-electron chi connectivity index (χ0n) is 17.2. The number of carbonyl (C=O) groups excluding carboxylic acids is 1. The molecule has 2 nitrogen and oxygen atoms in total. The van der Waals surface area contributed by atoms with Crippen LogP contribution in [0.4, 0.5) is 13.2 Å². The predicted octanol–water partition coefficient (Wildman–Crippen LogP) is 5.69. The lowest BCUT2D eigenvalue weighted by Crippen LogP contribution is -2.55. The lowest BCUT2D eigenvalue weighted by Gasteiger charge is -2.59. The highest BCUT2D eigenvalue weighted by Gasteiger charge is 2.63. The summed E-state index contributed by atoms with van der Waals surface area (Å²) in [6, 6.07) is 0. The first-order valence-electron chi connectivity index (χ1n) is 10.9. The van der Waals surface area contributed by atoms with Crippen molar-refractivity contribution < 1.29 is 23.1 Å². The van der Waals surface area contributed by atoms with Crippen molar-refractivity contribution in [2.75, 3.05) is 0 Å². The molecule has 0 heterocycles. The van der Waals surface area contributed by atoms with E-state index in [0.29, 0.717) is 30.1 Å². The molecule has 0 unspecified atom stereocenters. The molecule has 5 heteroatoms. The number of aliphatic hydroxyl groups is 1. The fourth-order valence-corrected chi connectivity index (χ4v) is 7.89. The molecular formula is C23H33F3O2. The van der Waals surface area contributed by atoms with Crippen LogP contribution in [0.15, 0.2) is 11.6 Å². The summed E-state index contributed by atoms with van der Waals surface area (Å²) in [6.07, 6.45) is 3.66. The Hall–Kier alpha value is -0.840. The molecule has 0 saturated heterocycles. The highest BCUT2D eigenvalue weighted by molar-refractivity contribution is 5.53. The third-order valence-electron chi connectivity index (χ3n) is 9.62. The van der Waals surface area contributed by atoms with E-state index < -0.39 is 11.8 Å². The van der Waals surface area contributed by atoms with Gasteiger partial charge in [-0.2, -0.15) is 13.2 Å². The van der Waals surface area contributed by atoms with Gasteiger partial charge in [-0.15, -0.1) is 0 Å². The van der Waals surface area contributed by atoms with E-state index in [2.05, 4.69) is 13.8 Å². The van der Waals surface area contributed by atoms with Crippen molar-refractivity contribution in [3.8, 4) is 0 Å². The summed E-state index contributed by atoms with van der Waals surface area (Å²) in [6.45, 7) is 6.54. The van der Waals surface area contributed by atoms with Crippen LogP contribution in [0.1, 0.15) is 72.1 Å². The van der Waals surface area contributed by atoms with Gasteiger partial charge in [0, 0.05) is 12.3 Å². The minimum Gasteiger partial charge on any atom is -0.380 e. The molecular weight excluding hydrogens is 365 g/mol. The Morgan fingerprint density at radius 1 is 1.14 bits per heavy atom. The number of fused-ring (bicyclic) bond motifs is 5. The van der Waals surface area contributed by atoms with Gasteiger partial charge in [0.2, 0.25) is 0 Å². The molecule has 0 aromatic heterocycles. The van der Waals surface area contributed by atoms with Crippen LogP contribution in [0.3, 0.4) is 0 Å². The molecule has 0 bridgehead atoms. The van der Waals surface area contributed by atoms with Crippen molar-refractivity contribution in [3.05, 3.63) is 11.6 Å². The molecule has 158 valence electrons. The molecule has 4 rings (SSSR count). The molecule has 0 spiro atoms. The summed E-state index contributed by atoms with van der Waals surface area (Å²) in [4.78, 5) is 11.4. The van der Waals surface area contributed by atoms with E-state index in [-0.39, 0.29) is 29.6 Å². The van der Waals surface area contributed by atoms with Crippen LogP contribution in [0, 0.1) is 40.4 Å². The van der Waals surface area contributed by atoms with E-state index in [1.54, 1.807) is 0 Å². The Bertz CT molecular complexity index is 686. The number of alkyl halides is 3. The van der Waals surface area contributed by atoms with Gasteiger partial charge < -0.3 is 9.90 Å². The lowest BCUT2D eigenvalue weighted by molar-refractivity contribution is -0.271. The van der Waals surface area contributed by atoms with Crippen LogP contribution in [-0.4, -0.2) is 23.2 Å². The number of hydrogen-bond acceptors (Lipinski definition) is 2. The van der Waals surface area contributed by atoms with Gasteiger partial charge in [0.15, 0.2) is 5.60 Å². The Morgan fingerprint density at radius 2 is 1.86 bits per heavy atom. The van der Waals surface area contributed by atoms with Crippen LogP contribution in [0.5, 0.6) is 0 Å². The first-order valence-corrected chi connectivity index (χ1v) is 10.9. The van der Waals surface area contributed by atoms with Gasteiger partial charge in [0.25, 0.3) is 0 Å². The van der Waals surface area contributed by atoms with Crippen LogP contribution in [-0.2, 0) is 4.79 Å². The van der Waals surface area contributed by atoms with Crippen molar-refractivity contribution in [2.45, 2.75) is 83.9 Å². The van der Waals surface area contributed by atoms with Gasteiger partial charge in [-0.3, -0.25) is 0 Å². The first kappa shape index (κ1) is 20.4. The van der Waals surface area contributed by atoms with Crippen molar-refractivity contribution in [3.63, 3.8) is 0 Å². The molecule has 1 N–H and O–H groups in total. The zero-order chi connectivity index (χ0) is 20.5. The van der Waals surface area contributed by atoms with Gasteiger partial charge >= 0.3 is 6.18 Å². The van der Waals surface area contributed by atoms with E-state index in [9.17, 15) is 23.1 Å². The maximum absolute atomic E-state index is 13.4. The topological polar surface area (TPSA) is 37.3 Å². The first-order chi connectivity index (χ1) is 13.0. The third-order valence-corrected chi connectivity index (χ3v) is 9.62. The monoisotopic (exact) mass is 398 g/mol. The summed E-state index contributed by atoms with van der Waals surface area (Å²) in [5, 5.41) is 10.3. The minimum atomic E-state index is -4.57. The van der Waals surface area contributed by atoms with E-state index in [1.165, 1.54) is 0 Å². The van der Waals surface area contributed by atoms with Gasteiger partial charge in [-0.25, -0.2) is 0 Å². The van der Waals surface area contributed by atoms with Gasteiger partial charge in [-0.05, 0) is 79.4 Å². The van der Waals surface area contributed by atoms with Crippen molar-refractivity contribution >= 4 is 6.29 Å². The highest BCUT2D eigenvalue weighted by Crippen LogP contribution is 2.68. The van der Waals surface area contributed by atoms with Gasteiger partial charge in [0.1, 0.15) is 6.29 Å². The van der Waals surface area contributed by atoms with Crippen molar-refractivity contribution in [2.24, 2.45) is 40.4 Å². The summed E-state index contributed by atoms with van der Waals surface area (Å²) < 4.78 is 40.2. The van der Waals surface area contributed by atoms with Gasteiger partial charge in [0.05, 0.1) is 0 Å². The molecule has 3 fully saturated rings. The second-order valence-corrected chi connectivity index (χ2v) is 10.7. The largest absolute Gasteiger partial charge is 0.417 e. The lowest BCUT2D eigenvalue weighted by atomic mass is 9.46.